The number of anilines is 1. The van der Waals surface area contributed by atoms with Gasteiger partial charge in [0.1, 0.15) is 17.7 Å². The average Bonchev–Trinajstić information content (AvgIpc) is 2.68. The fourth-order valence-electron chi connectivity index (χ4n) is 4.64. The number of carbonyl (C=O) groups is 1. The van der Waals surface area contributed by atoms with Gasteiger partial charge in [-0.15, -0.1) is 0 Å². The topological polar surface area (TPSA) is 58.8 Å². The van der Waals surface area contributed by atoms with Gasteiger partial charge in [-0.3, -0.25) is 9.69 Å². The van der Waals surface area contributed by atoms with Crippen molar-refractivity contribution in [3.05, 3.63) is 29.8 Å². The molecule has 1 atom stereocenters. The number of ether oxygens (including phenoxy) is 1. The third-order valence-corrected chi connectivity index (χ3v) is 6.33. The Morgan fingerprint density at radius 1 is 1.18 bits per heavy atom. The first-order valence-electron chi connectivity index (χ1n) is 10.2. The zero-order valence-electron chi connectivity index (χ0n) is 16.6. The van der Waals surface area contributed by atoms with Gasteiger partial charge in [0.05, 0.1) is 5.69 Å². The number of hydrogen-bond acceptors (Lipinski definition) is 4. The second kappa shape index (κ2) is 9.65. The molecule has 1 saturated heterocycles. The maximum Gasteiger partial charge on any atom is 0.246 e. The number of nitrogens with two attached hydrogens (primary N) is 1. The predicted octanol–water partition coefficient (Wildman–Crippen LogP) is 2.78. The van der Waals surface area contributed by atoms with Gasteiger partial charge in [0.2, 0.25) is 5.91 Å². The SMILES string of the molecule is COC(C(N)=O)C1CCC(CCN2CCN(c3ccc(F)cc3F)CC2)CC1. The summed E-state index contributed by atoms with van der Waals surface area (Å²) in [5.74, 6) is -0.471. The summed E-state index contributed by atoms with van der Waals surface area (Å²) < 4.78 is 32.3. The maximum absolute atomic E-state index is 14.0. The number of methoxy groups -OCH3 is 1. The second-order valence-electron chi connectivity index (χ2n) is 8.05. The number of benzene rings is 1. The maximum atomic E-state index is 14.0. The van der Waals surface area contributed by atoms with Gasteiger partial charge in [-0.1, -0.05) is 12.8 Å². The minimum Gasteiger partial charge on any atom is -0.371 e. The van der Waals surface area contributed by atoms with E-state index in [1.807, 2.05) is 4.90 Å². The zero-order valence-corrected chi connectivity index (χ0v) is 16.6. The van der Waals surface area contributed by atoms with Crippen LogP contribution < -0.4 is 10.6 Å². The molecule has 1 saturated carbocycles. The van der Waals surface area contributed by atoms with Crippen LogP contribution in [0.1, 0.15) is 32.1 Å². The highest BCUT2D eigenvalue weighted by atomic mass is 19.1. The third kappa shape index (κ3) is 5.20. The summed E-state index contributed by atoms with van der Waals surface area (Å²) in [6.45, 7) is 4.32. The number of carbonyl (C=O) groups excluding carboxylic acids is 1. The van der Waals surface area contributed by atoms with Crippen LogP contribution in [0.2, 0.25) is 0 Å². The molecule has 1 unspecified atom stereocenters. The van der Waals surface area contributed by atoms with Crippen LogP contribution in [0.5, 0.6) is 0 Å². The first-order valence-corrected chi connectivity index (χ1v) is 10.2. The number of piperazine rings is 1. The predicted molar refractivity (Wildman–Crippen MR) is 105 cm³/mol. The molecule has 28 heavy (non-hydrogen) atoms. The molecule has 0 bridgehead atoms. The lowest BCUT2D eigenvalue weighted by atomic mass is 9.78. The van der Waals surface area contributed by atoms with Crippen LogP contribution >= 0.6 is 0 Å². The van der Waals surface area contributed by atoms with Crippen LogP contribution in [0.3, 0.4) is 0 Å². The van der Waals surface area contributed by atoms with E-state index >= 15 is 0 Å². The molecule has 2 aliphatic rings. The molecule has 1 aliphatic carbocycles. The molecule has 0 radical (unpaired) electrons. The number of primary amides is 1. The molecule has 0 spiro atoms. The van der Waals surface area contributed by atoms with Gasteiger partial charge in [-0.05, 0) is 49.8 Å². The molecule has 2 N–H and O–H groups in total. The number of hydrogen-bond donors (Lipinski definition) is 1. The van der Waals surface area contributed by atoms with Crippen molar-refractivity contribution in [3.63, 3.8) is 0 Å². The number of rotatable bonds is 7. The van der Waals surface area contributed by atoms with Crippen LogP contribution in [0, 0.1) is 23.5 Å². The lowest BCUT2D eigenvalue weighted by Gasteiger charge is -2.37. The minimum absolute atomic E-state index is 0.243. The van der Waals surface area contributed by atoms with Crippen molar-refractivity contribution in [2.24, 2.45) is 17.6 Å². The smallest absolute Gasteiger partial charge is 0.246 e. The van der Waals surface area contributed by atoms with Crippen LogP contribution in [0.15, 0.2) is 18.2 Å². The van der Waals surface area contributed by atoms with E-state index in [1.165, 1.54) is 12.1 Å². The first kappa shape index (κ1) is 21.0. The van der Waals surface area contributed by atoms with Crippen molar-refractivity contribution in [2.75, 3.05) is 44.7 Å². The number of halogens is 2. The lowest BCUT2D eigenvalue weighted by Crippen LogP contribution is -2.47. The summed E-state index contributed by atoms with van der Waals surface area (Å²) in [6.07, 6.45) is 4.89. The van der Waals surface area contributed by atoms with Gasteiger partial charge in [0.15, 0.2) is 0 Å². The van der Waals surface area contributed by atoms with E-state index in [0.717, 1.165) is 70.9 Å². The molecule has 1 aromatic rings. The van der Waals surface area contributed by atoms with Crippen molar-refractivity contribution in [3.8, 4) is 0 Å². The molecule has 1 heterocycles. The van der Waals surface area contributed by atoms with Crippen molar-refractivity contribution in [1.82, 2.24) is 4.90 Å². The summed E-state index contributed by atoms with van der Waals surface area (Å²) in [5, 5.41) is 0. The highest BCUT2D eigenvalue weighted by Gasteiger charge is 2.31. The van der Waals surface area contributed by atoms with Gasteiger partial charge < -0.3 is 15.4 Å². The van der Waals surface area contributed by atoms with E-state index in [4.69, 9.17) is 10.5 Å². The summed E-state index contributed by atoms with van der Waals surface area (Å²) in [7, 11) is 1.55. The van der Waals surface area contributed by atoms with Crippen LogP contribution in [-0.2, 0) is 9.53 Å². The van der Waals surface area contributed by atoms with Crippen LogP contribution in [0.25, 0.3) is 0 Å². The summed E-state index contributed by atoms with van der Waals surface area (Å²) in [6, 6.07) is 3.79. The first-order chi connectivity index (χ1) is 13.5. The largest absolute Gasteiger partial charge is 0.371 e. The van der Waals surface area contributed by atoms with E-state index in [1.54, 1.807) is 7.11 Å². The zero-order chi connectivity index (χ0) is 20.1. The molecule has 1 amide bonds. The molecule has 2 fully saturated rings. The summed E-state index contributed by atoms with van der Waals surface area (Å²) in [5.41, 5.74) is 5.91. The molecule has 156 valence electrons. The Bertz CT molecular complexity index is 657. The monoisotopic (exact) mass is 395 g/mol. The van der Waals surface area contributed by atoms with E-state index < -0.39 is 17.7 Å². The third-order valence-electron chi connectivity index (χ3n) is 6.33. The average molecular weight is 395 g/mol. The minimum atomic E-state index is -0.540. The Balaban J connectivity index is 1.39. The van der Waals surface area contributed by atoms with E-state index in [9.17, 15) is 13.6 Å². The molecule has 0 aromatic heterocycles. The molecule has 5 nitrogen and oxygen atoms in total. The Hall–Kier alpha value is -1.73. The Morgan fingerprint density at radius 2 is 1.86 bits per heavy atom. The summed E-state index contributed by atoms with van der Waals surface area (Å²) >= 11 is 0. The fourth-order valence-corrected chi connectivity index (χ4v) is 4.64. The van der Waals surface area contributed by atoms with Gasteiger partial charge >= 0.3 is 0 Å². The lowest BCUT2D eigenvalue weighted by molar-refractivity contribution is -0.131. The molecule has 1 aliphatic heterocycles. The Morgan fingerprint density at radius 3 is 2.43 bits per heavy atom. The van der Waals surface area contributed by atoms with Gasteiger partial charge in [-0.25, -0.2) is 8.78 Å². The highest BCUT2D eigenvalue weighted by molar-refractivity contribution is 5.79. The number of amides is 1. The van der Waals surface area contributed by atoms with Gasteiger partial charge in [0, 0.05) is 39.4 Å². The van der Waals surface area contributed by atoms with Crippen molar-refractivity contribution in [2.45, 2.75) is 38.2 Å². The normalized spacial score (nSPS) is 24.9. The fraction of sp³-hybridized carbons (Fsp3) is 0.667. The second-order valence-corrected chi connectivity index (χ2v) is 8.05. The summed E-state index contributed by atoms with van der Waals surface area (Å²) in [4.78, 5) is 15.9. The molecular weight excluding hydrogens is 364 g/mol. The Labute approximate surface area is 165 Å². The standard InChI is InChI=1S/C21H31F2N3O2/c1-28-20(21(24)27)16-4-2-15(3-5-16)8-9-25-10-12-26(13-11-25)19-7-6-17(22)14-18(19)23/h6-7,14-16,20H,2-5,8-13H2,1H3,(H2,24,27). The van der Waals surface area contributed by atoms with Crippen molar-refractivity contribution < 1.29 is 18.3 Å². The van der Waals surface area contributed by atoms with Crippen molar-refractivity contribution in [1.29, 1.82) is 0 Å². The van der Waals surface area contributed by atoms with E-state index in [-0.39, 0.29) is 11.8 Å². The van der Waals surface area contributed by atoms with Crippen molar-refractivity contribution >= 4 is 11.6 Å². The van der Waals surface area contributed by atoms with Crippen LogP contribution in [0.4, 0.5) is 14.5 Å². The van der Waals surface area contributed by atoms with E-state index in [2.05, 4.69) is 4.90 Å². The molecule has 3 rings (SSSR count). The van der Waals surface area contributed by atoms with Gasteiger partial charge in [0.25, 0.3) is 0 Å². The highest BCUT2D eigenvalue weighted by Crippen LogP contribution is 2.33. The van der Waals surface area contributed by atoms with Crippen LogP contribution in [-0.4, -0.2) is 56.7 Å². The Kier molecular flexibility index (Phi) is 7.24. The van der Waals surface area contributed by atoms with E-state index in [0.29, 0.717) is 11.6 Å². The molecule has 7 heteroatoms. The quantitative estimate of drug-likeness (QED) is 0.771. The number of nitrogens with zero attached hydrogens (tertiary/aromatic N) is 2. The van der Waals surface area contributed by atoms with Gasteiger partial charge in [-0.2, -0.15) is 0 Å². The molecule has 1 aromatic carbocycles. The molecular formula is C21H31F2N3O2.